The molecule has 1 N–H and O–H groups in total. The second-order valence-corrected chi connectivity index (χ2v) is 3.27. The Morgan fingerprint density at radius 1 is 1.38 bits per heavy atom. The summed E-state index contributed by atoms with van der Waals surface area (Å²) in [4.78, 5) is 3.96. The molecule has 1 aromatic heterocycles. The van der Waals surface area contributed by atoms with Crippen LogP contribution in [-0.2, 0) is 6.54 Å². The molecular formula is C11H16N2. The van der Waals surface area contributed by atoms with Crippen LogP contribution in [-0.4, -0.2) is 11.5 Å². The first-order chi connectivity index (χ1) is 6.29. The highest BCUT2D eigenvalue weighted by Crippen LogP contribution is 1.94. The maximum atomic E-state index is 3.96. The molecule has 0 aliphatic carbocycles. The summed E-state index contributed by atoms with van der Waals surface area (Å²) >= 11 is 0. The Labute approximate surface area is 79.7 Å². The zero-order valence-corrected chi connectivity index (χ0v) is 8.25. The van der Waals surface area contributed by atoms with E-state index in [9.17, 15) is 0 Å². The van der Waals surface area contributed by atoms with Crippen LogP contribution < -0.4 is 5.32 Å². The van der Waals surface area contributed by atoms with Crippen LogP contribution in [0.4, 0.5) is 0 Å². The topological polar surface area (TPSA) is 24.9 Å². The maximum absolute atomic E-state index is 3.96. The number of rotatable bonds is 4. The van der Waals surface area contributed by atoms with Gasteiger partial charge in [-0.05, 0) is 31.5 Å². The fraction of sp³-hybridized carbons (Fsp3) is 0.364. The average Bonchev–Trinajstić information content (AvgIpc) is 2.14. The largest absolute Gasteiger partial charge is 0.309 e. The Morgan fingerprint density at radius 2 is 2.08 bits per heavy atom. The van der Waals surface area contributed by atoms with E-state index in [2.05, 4.69) is 30.2 Å². The van der Waals surface area contributed by atoms with Gasteiger partial charge in [-0.15, -0.1) is 0 Å². The lowest BCUT2D eigenvalue weighted by atomic mass is 10.2. The summed E-state index contributed by atoms with van der Waals surface area (Å²) in [5.41, 5.74) is 2.62. The first-order valence-corrected chi connectivity index (χ1v) is 4.52. The summed E-state index contributed by atoms with van der Waals surface area (Å²) in [5, 5.41) is 3.33. The van der Waals surface area contributed by atoms with Gasteiger partial charge < -0.3 is 5.32 Å². The van der Waals surface area contributed by atoms with Crippen molar-refractivity contribution in [3.8, 4) is 0 Å². The average molecular weight is 176 g/mol. The zero-order chi connectivity index (χ0) is 9.52. The second kappa shape index (κ2) is 5.49. The first-order valence-electron chi connectivity index (χ1n) is 4.52. The highest BCUT2D eigenvalue weighted by molar-refractivity contribution is 5.09. The van der Waals surface area contributed by atoms with E-state index in [0.717, 1.165) is 13.1 Å². The van der Waals surface area contributed by atoms with Crippen molar-refractivity contribution in [3.05, 3.63) is 41.7 Å². The van der Waals surface area contributed by atoms with Gasteiger partial charge in [-0.25, -0.2) is 0 Å². The quantitative estimate of drug-likeness (QED) is 0.561. The summed E-state index contributed by atoms with van der Waals surface area (Å²) in [6, 6.07) is 4.05. The fourth-order valence-corrected chi connectivity index (χ4v) is 0.993. The molecule has 1 aromatic rings. The number of hydrogen-bond acceptors (Lipinski definition) is 2. The molecule has 0 atom stereocenters. The summed E-state index contributed by atoms with van der Waals surface area (Å²) < 4.78 is 0. The molecule has 0 fully saturated rings. The molecule has 2 nitrogen and oxygen atoms in total. The van der Waals surface area contributed by atoms with Crippen LogP contribution in [0.15, 0.2) is 36.2 Å². The Hall–Kier alpha value is -1.15. The van der Waals surface area contributed by atoms with Gasteiger partial charge in [0.05, 0.1) is 0 Å². The van der Waals surface area contributed by atoms with Gasteiger partial charge in [0, 0.05) is 25.5 Å². The molecule has 0 aliphatic rings. The number of pyridine rings is 1. The lowest BCUT2D eigenvalue weighted by molar-refractivity contribution is 0.756. The van der Waals surface area contributed by atoms with Crippen LogP contribution in [0, 0.1) is 0 Å². The van der Waals surface area contributed by atoms with E-state index in [1.807, 2.05) is 24.5 Å². The monoisotopic (exact) mass is 176 g/mol. The van der Waals surface area contributed by atoms with Crippen LogP contribution in [0.5, 0.6) is 0 Å². The van der Waals surface area contributed by atoms with Crippen LogP contribution in [0.2, 0.25) is 0 Å². The smallest absolute Gasteiger partial charge is 0.0271 e. The van der Waals surface area contributed by atoms with E-state index in [4.69, 9.17) is 0 Å². The maximum Gasteiger partial charge on any atom is 0.0271 e. The molecule has 1 heterocycles. The van der Waals surface area contributed by atoms with Gasteiger partial charge in [0.25, 0.3) is 0 Å². The third-order valence-electron chi connectivity index (χ3n) is 1.73. The lowest BCUT2D eigenvalue weighted by Gasteiger charge is -2.01. The predicted octanol–water partition coefficient (Wildman–Crippen LogP) is 2.14. The van der Waals surface area contributed by atoms with Crippen molar-refractivity contribution in [3.63, 3.8) is 0 Å². The van der Waals surface area contributed by atoms with Crippen LogP contribution >= 0.6 is 0 Å². The molecule has 0 aliphatic heterocycles. The molecule has 0 saturated carbocycles. The van der Waals surface area contributed by atoms with Crippen molar-refractivity contribution in [2.45, 2.75) is 20.4 Å². The first kappa shape index (κ1) is 9.93. The minimum absolute atomic E-state index is 0.909. The summed E-state index contributed by atoms with van der Waals surface area (Å²) in [5.74, 6) is 0. The highest BCUT2D eigenvalue weighted by atomic mass is 14.8. The molecule has 0 spiro atoms. The van der Waals surface area contributed by atoms with Crippen molar-refractivity contribution < 1.29 is 0 Å². The third-order valence-corrected chi connectivity index (χ3v) is 1.73. The van der Waals surface area contributed by atoms with Gasteiger partial charge in [0.2, 0.25) is 0 Å². The molecule has 70 valence electrons. The van der Waals surface area contributed by atoms with Gasteiger partial charge >= 0.3 is 0 Å². The number of allylic oxidation sites excluding steroid dienone is 1. The molecule has 1 rings (SSSR count). The fourth-order valence-electron chi connectivity index (χ4n) is 0.993. The van der Waals surface area contributed by atoms with E-state index in [1.54, 1.807) is 0 Å². The van der Waals surface area contributed by atoms with Crippen LogP contribution in [0.1, 0.15) is 19.4 Å². The van der Waals surface area contributed by atoms with Crippen molar-refractivity contribution in [1.82, 2.24) is 10.3 Å². The van der Waals surface area contributed by atoms with Crippen LogP contribution in [0.25, 0.3) is 0 Å². The number of nitrogens with zero attached hydrogens (tertiary/aromatic N) is 1. The lowest BCUT2D eigenvalue weighted by Crippen LogP contribution is -2.12. The van der Waals surface area contributed by atoms with E-state index < -0.39 is 0 Å². The third kappa shape index (κ3) is 4.43. The molecule has 0 radical (unpaired) electrons. The van der Waals surface area contributed by atoms with Crippen molar-refractivity contribution in [2.75, 3.05) is 6.54 Å². The molecule has 13 heavy (non-hydrogen) atoms. The number of hydrogen-bond donors (Lipinski definition) is 1. The van der Waals surface area contributed by atoms with E-state index >= 15 is 0 Å². The number of aromatic nitrogens is 1. The van der Waals surface area contributed by atoms with Crippen molar-refractivity contribution in [1.29, 1.82) is 0 Å². The highest BCUT2D eigenvalue weighted by Gasteiger charge is 1.88. The predicted molar refractivity (Wildman–Crippen MR) is 55.4 cm³/mol. The molecule has 0 bridgehead atoms. The van der Waals surface area contributed by atoms with Crippen molar-refractivity contribution >= 4 is 0 Å². The Balaban J connectivity index is 2.25. The molecule has 2 heteroatoms. The molecule has 0 saturated heterocycles. The number of nitrogens with one attached hydrogen (secondary N) is 1. The molecule has 0 amide bonds. The van der Waals surface area contributed by atoms with Crippen molar-refractivity contribution in [2.24, 2.45) is 0 Å². The summed E-state index contributed by atoms with van der Waals surface area (Å²) in [7, 11) is 0. The minimum atomic E-state index is 0.909. The van der Waals surface area contributed by atoms with Gasteiger partial charge in [-0.1, -0.05) is 11.6 Å². The summed E-state index contributed by atoms with van der Waals surface area (Å²) in [6.45, 7) is 6.05. The Bertz CT molecular complexity index is 261. The van der Waals surface area contributed by atoms with E-state index in [-0.39, 0.29) is 0 Å². The van der Waals surface area contributed by atoms with Gasteiger partial charge in [0.1, 0.15) is 0 Å². The summed E-state index contributed by atoms with van der Waals surface area (Å²) in [6.07, 6.45) is 5.82. The minimum Gasteiger partial charge on any atom is -0.309 e. The standard InChI is InChI=1S/C11H16N2/c1-10(2)3-6-13-9-11-4-7-12-8-5-11/h3-5,7-8,13H,6,9H2,1-2H3. The van der Waals surface area contributed by atoms with E-state index in [1.165, 1.54) is 11.1 Å². The van der Waals surface area contributed by atoms with Gasteiger partial charge in [-0.2, -0.15) is 0 Å². The molecule has 0 unspecified atom stereocenters. The van der Waals surface area contributed by atoms with Gasteiger partial charge in [-0.3, -0.25) is 4.98 Å². The molecule has 0 aromatic carbocycles. The second-order valence-electron chi connectivity index (χ2n) is 3.27. The Kier molecular flexibility index (Phi) is 4.19. The van der Waals surface area contributed by atoms with Gasteiger partial charge in [0.15, 0.2) is 0 Å². The zero-order valence-electron chi connectivity index (χ0n) is 8.25. The normalized spacial score (nSPS) is 9.69. The van der Waals surface area contributed by atoms with E-state index in [0.29, 0.717) is 0 Å². The van der Waals surface area contributed by atoms with Crippen LogP contribution in [0.3, 0.4) is 0 Å². The molecular weight excluding hydrogens is 160 g/mol. The SMILES string of the molecule is CC(C)=CCNCc1ccncc1. The Morgan fingerprint density at radius 3 is 2.69 bits per heavy atom.